The second kappa shape index (κ2) is 10.8. The summed E-state index contributed by atoms with van der Waals surface area (Å²) in [5, 5.41) is 6.09. The quantitative estimate of drug-likeness (QED) is 0.407. The summed E-state index contributed by atoms with van der Waals surface area (Å²) < 4.78 is 10.7. The average molecular weight is 385 g/mol. The Hall–Kier alpha value is -3.29. The van der Waals surface area contributed by atoms with Crippen LogP contribution >= 0.6 is 0 Å². The Kier molecular flexibility index (Phi) is 8.08. The number of nitrogens with zero attached hydrogens (tertiary/aromatic N) is 3. The van der Waals surface area contributed by atoms with Crippen LogP contribution in [0.25, 0.3) is 0 Å². The molecule has 1 amide bonds. The number of aromatic nitrogens is 1. The number of benzene rings is 1. The average Bonchev–Trinajstić information content (AvgIpc) is 2.74. The number of hydrogen-bond acceptors (Lipinski definition) is 5. The molecule has 0 unspecified atom stereocenters. The Morgan fingerprint density at radius 3 is 2.61 bits per heavy atom. The van der Waals surface area contributed by atoms with Gasteiger partial charge in [-0.15, -0.1) is 0 Å². The summed E-state index contributed by atoms with van der Waals surface area (Å²) in [5.74, 6) is 2.07. The number of nitrogens with one attached hydrogen (secondary N) is 2. The van der Waals surface area contributed by atoms with E-state index < -0.39 is 0 Å². The van der Waals surface area contributed by atoms with Crippen LogP contribution in [0, 0.1) is 0 Å². The minimum Gasteiger partial charge on any atom is -0.497 e. The highest BCUT2D eigenvalue weighted by Gasteiger charge is 2.11. The molecular weight excluding hydrogens is 358 g/mol. The first-order valence-electron chi connectivity index (χ1n) is 8.90. The topological polar surface area (TPSA) is 88.1 Å². The molecule has 1 heterocycles. The zero-order valence-electron chi connectivity index (χ0n) is 16.7. The van der Waals surface area contributed by atoms with Crippen molar-refractivity contribution in [1.82, 2.24) is 20.5 Å². The zero-order chi connectivity index (χ0) is 20.4. The fourth-order valence-electron chi connectivity index (χ4n) is 2.65. The van der Waals surface area contributed by atoms with Gasteiger partial charge in [0, 0.05) is 57.8 Å². The molecule has 1 aromatic heterocycles. The van der Waals surface area contributed by atoms with Crippen molar-refractivity contribution in [2.24, 2.45) is 4.99 Å². The molecule has 0 aliphatic carbocycles. The van der Waals surface area contributed by atoms with Gasteiger partial charge in [-0.05, 0) is 24.3 Å². The van der Waals surface area contributed by atoms with Crippen molar-refractivity contribution in [3.05, 3.63) is 53.9 Å². The van der Waals surface area contributed by atoms with Crippen LogP contribution in [-0.4, -0.2) is 63.2 Å². The molecule has 1 aromatic carbocycles. The number of hydrogen-bond donors (Lipinski definition) is 2. The van der Waals surface area contributed by atoms with E-state index in [-0.39, 0.29) is 5.91 Å². The van der Waals surface area contributed by atoms with E-state index in [1.54, 1.807) is 39.6 Å². The van der Waals surface area contributed by atoms with E-state index in [2.05, 4.69) is 20.6 Å². The van der Waals surface area contributed by atoms with Crippen LogP contribution in [0.5, 0.6) is 11.5 Å². The van der Waals surface area contributed by atoms with E-state index >= 15 is 0 Å². The monoisotopic (exact) mass is 385 g/mol. The normalized spacial score (nSPS) is 10.9. The number of ether oxygens (including phenoxy) is 2. The molecule has 0 radical (unpaired) electrons. The molecule has 0 saturated carbocycles. The predicted molar refractivity (Wildman–Crippen MR) is 109 cm³/mol. The van der Waals surface area contributed by atoms with E-state index in [0.29, 0.717) is 31.2 Å². The van der Waals surface area contributed by atoms with Crippen LogP contribution in [0.15, 0.2) is 47.7 Å². The molecule has 0 bridgehead atoms. The lowest BCUT2D eigenvalue weighted by Crippen LogP contribution is -2.42. The lowest BCUT2D eigenvalue weighted by molar-refractivity contribution is 0.0954. The largest absolute Gasteiger partial charge is 0.497 e. The Balaban J connectivity index is 1.85. The first-order chi connectivity index (χ1) is 13.6. The summed E-state index contributed by atoms with van der Waals surface area (Å²) in [5.41, 5.74) is 1.55. The van der Waals surface area contributed by atoms with Crippen molar-refractivity contribution in [3.63, 3.8) is 0 Å². The maximum atomic E-state index is 12.0. The molecule has 8 nitrogen and oxygen atoms in total. The summed E-state index contributed by atoms with van der Waals surface area (Å²) in [6, 6.07) is 9.18. The third kappa shape index (κ3) is 5.87. The van der Waals surface area contributed by atoms with Crippen LogP contribution in [0.3, 0.4) is 0 Å². The summed E-state index contributed by atoms with van der Waals surface area (Å²) in [7, 11) is 6.92. The van der Waals surface area contributed by atoms with E-state index in [4.69, 9.17) is 9.47 Å². The third-order valence-electron chi connectivity index (χ3n) is 4.09. The Morgan fingerprint density at radius 1 is 1.18 bits per heavy atom. The highest BCUT2D eigenvalue weighted by atomic mass is 16.5. The molecule has 0 fully saturated rings. The van der Waals surface area contributed by atoms with Crippen molar-refractivity contribution >= 4 is 11.9 Å². The Morgan fingerprint density at radius 2 is 1.96 bits per heavy atom. The number of amides is 1. The van der Waals surface area contributed by atoms with Crippen molar-refractivity contribution in [1.29, 1.82) is 0 Å². The number of rotatable bonds is 8. The minimum atomic E-state index is -0.152. The number of carbonyl (C=O) groups excluding carboxylic acids is 1. The van der Waals surface area contributed by atoms with Crippen LogP contribution in [0.4, 0.5) is 0 Å². The molecule has 0 aliphatic heterocycles. The number of guanidine groups is 1. The number of pyridine rings is 1. The van der Waals surface area contributed by atoms with E-state index in [1.165, 1.54) is 6.20 Å². The number of aliphatic imine (C=N–C) groups is 1. The van der Waals surface area contributed by atoms with Crippen LogP contribution in [0.1, 0.15) is 15.9 Å². The summed E-state index contributed by atoms with van der Waals surface area (Å²) in [6.45, 7) is 1.62. The van der Waals surface area contributed by atoms with Crippen molar-refractivity contribution in [2.75, 3.05) is 41.4 Å². The number of methoxy groups -OCH3 is 2. The molecule has 150 valence electrons. The lowest BCUT2D eigenvalue weighted by atomic mass is 10.2. The van der Waals surface area contributed by atoms with Gasteiger partial charge in [0.25, 0.3) is 5.91 Å². The van der Waals surface area contributed by atoms with Gasteiger partial charge in [-0.25, -0.2) is 0 Å². The fraction of sp³-hybridized carbons (Fsp3) is 0.350. The van der Waals surface area contributed by atoms with Gasteiger partial charge in [0.1, 0.15) is 11.5 Å². The second-order valence-corrected chi connectivity index (χ2v) is 6.01. The highest BCUT2D eigenvalue weighted by molar-refractivity contribution is 5.93. The first kappa shape index (κ1) is 21.0. The molecule has 0 spiro atoms. The smallest absolute Gasteiger partial charge is 0.252 e. The van der Waals surface area contributed by atoms with E-state index in [1.807, 2.05) is 30.1 Å². The van der Waals surface area contributed by atoms with Gasteiger partial charge in [0.05, 0.1) is 19.8 Å². The second-order valence-electron chi connectivity index (χ2n) is 6.01. The molecule has 0 saturated heterocycles. The zero-order valence-corrected chi connectivity index (χ0v) is 16.7. The SMILES string of the molecule is CN=C(NCCNC(=O)c1cccnc1)N(C)Cc1ccc(OC)cc1OC. The highest BCUT2D eigenvalue weighted by Crippen LogP contribution is 2.25. The molecule has 0 aliphatic rings. The Bertz CT molecular complexity index is 796. The summed E-state index contributed by atoms with van der Waals surface area (Å²) in [4.78, 5) is 22.2. The van der Waals surface area contributed by atoms with Crippen LogP contribution in [-0.2, 0) is 6.54 Å². The van der Waals surface area contributed by atoms with Crippen LogP contribution < -0.4 is 20.1 Å². The minimum absolute atomic E-state index is 0.152. The molecule has 2 N–H and O–H groups in total. The van der Waals surface area contributed by atoms with Gasteiger partial charge in [-0.1, -0.05) is 0 Å². The van der Waals surface area contributed by atoms with Gasteiger partial charge in [-0.2, -0.15) is 0 Å². The standard InChI is InChI=1S/C20H27N5O3/c1-21-20(24-11-10-23-19(26)15-6-5-9-22-13-15)25(2)14-16-7-8-17(27-3)12-18(16)28-4/h5-9,12-13H,10-11,14H2,1-4H3,(H,21,24)(H,23,26). The summed E-state index contributed by atoms with van der Waals surface area (Å²) >= 11 is 0. The Labute approximate surface area is 165 Å². The van der Waals surface area contributed by atoms with E-state index in [0.717, 1.165) is 17.1 Å². The lowest BCUT2D eigenvalue weighted by Gasteiger charge is -2.23. The van der Waals surface area contributed by atoms with Gasteiger partial charge in [0.2, 0.25) is 0 Å². The van der Waals surface area contributed by atoms with Gasteiger partial charge in [0.15, 0.2) is 5.96 Å². The van der Waals surface area contributed by atoms with Crippen LogP contribution in [0.2, 0.25) is 0 Å². The van der Waals surface area contributed by atoms with Crippen molar-refractivity contribution in [2.45, 2.75) is 6.54 Å². The summed E-state index contributed by atoms with van der Waals surface area (Å²) in [6.07, 6.45) is 3.17. The van der Waals surface area contributed by atoms with Gasteiger partial charge >= 0.3 is 0 Å². The van der Waals surface area contributed by atoms with Crippen molar-refractivity contribution < 1.29 is 14.3 Å². The number of carbonyl (C=O) groups is 1. The third-order valence-corrected chi connectivity index (χ3v) is 4.09. The van der Waals surface area contributed by atoms with E-state index in [9.17, 15) is 4.79 Å². The maximum absolute atomic E-state index is 12.0. The molecular formula is C20H27N5O3. The van der Waals surface area contributed by atoms with Gasteiger partial charge in [-0.3, -0.25) is 14.8 Å². The van der Waals surface area contributed by atoms with Crippen molar-refractivity contribution in [3.8, 4) is 11.5 Å². The fourth-order valence-corrected chi connectivity index (χ4v) is 2.65. The molecule has 8 heteroatoms. The predicted octanol–water partition coefficient (Wildman–Crippen LogP) is 1.54. The molecule has 28 heavy (non-hydrogen) atoms. The molecule has 0 atom stereocenters. The molecule has 2 rings (SSSR count). The molecule has 2 aromatic rings. The first-order valence-corrected chi connectivity index (χ1v) is 8.90. The maximum Gasteiger partial charge on any atom is 0.252 e. The van der Waals surface area contributed by atoms with Gasteiger partial charge < -0.3 is 25.0 Å².